The molecule has 1 fully saturated rings. The Morgan fingerprint density at radius 2 is 1.89 bits per heavy atom. The molecule has 0 amide bonds. The van der Waals surface area contributed by atoms with Crippen molar-refractivity contribution >= 4 is 11.0 Å². The van der Waals surface area contributed by atoms with E-state index < -0.39 is 11.9 Å². The Morgan fingerprint density at radius 1 is 1.11 bits per heavy atom. The average molecular weight is 491 g/mol. The second-order valence-corrected chi connectivity index (χ2v) is 8.97. The van der Waals surface area contributed by atoms with E-state index >= 15 is 0 Å². The van der Waals surface area contributed by atoms with Gasteiger partial charge in [0.05, 0.1) is 17.5 Å². The number of hydrogen-bond donors (Lipinski definition) is 2. The molecule has 0 unspecified atom stereocenters. The highest BCUT2D eigenvalue weighted by molar-refractivity contribution is 5.79. The van der Waals surface area contributed by atoms with E-state index in [4.69, 9.17) is 4.98 Å². The van der Waals surface area contributed by atoms with Gasteiger partial charge in [0, 0.05) is 43.2 Å². The Balaban J connectivity index is 1.31. The zero-order valence-corrected chi connectivity index (χ0v) is 19.1. The van der Waals surface area contributed by atoms with Crippen LogP contribution in [0.5, 0.6) is 0 Å². The van der Waals surface area contributed by atoms with Gasteiger partial charge >= 0.3 is 6.18 Å². The number of H-pyrrole nitrogens is 2. The van der Waals surface area contributed by atoms with Gasteiger partial charge in [-0.05, 0) is 24.3 Å². The van der Waals surface area contributed by atoms with Crippen LogP contribution in [0.1, 0.15) is 41.4 Å². The lowest BCUT2D eigenvalue weighted by molar-refractivity contribution is -0.140. The van der Waals surface area contributed by atoms with Gasteiger partial charge in [-0.15, -0.1) is 0 Å². The van der Waals surface area contributed by atoms with Crippen LogP contribution in [-0.4, -0.2) is 34.7 Å². The Kier molecular flexibility index (Phi) is 5.02. The molecule has 0 saturated heterocycles. The molecule has 0 radical (unpaired) electrons. The van der Waals surface area contributed by atoms with Gasteiger partial charge in [0.2, 0.25) is 0 Å². The number of aryl methyl sites for hydroxylation is 1. The number of halogens is 3. The number of alkyl halides is 3. The molecule has 11 heteroatoms. The average Bonchev–Trinajstić information content (AvgIpc) is 3.51. The summed E-state index contributed by atoms with van der Waals surface area (Å²) in [5.74, 6) is 0.916. The molecule has 8 nitrogen and oxygen atoms in total. The molecular weight excluding hydrogens is 471 g/mol. The number of aromatic nitrogens is 7. The molecule has 1 aliphatic rings. The molecule has 0 atom stereocenters. The highest BCUT2D eigenvalue weighted by Crippen LogP contribution is 2.41. The second kappa shape index (κ2) is 8.14. The van der Waals surface area contributed by atoms with Crippen LogP contribution in [0.2, 0.25) is 0 Å². The van der Waals surface area contributed by atoms with E-state index in [0.717, 1.165) is 36.0 Å². The van der Waals surface area contributed by atoms with Gasteiger partial charge < -0.3 is 9.55 Å². The lowest BCUT2D eigenvalue weighted by atomic mass is 10.1. The predicted octanol–water partition coefficient (Wildman–Crippen LogP) is 4.60. The minimum absolute atomic E-state index is 0.126. The summed E-state index contributed by atoms with van der Waals surface area (Å²) >= 11 is 0. The number of nitrogens with zero attached hydrogens (tertiary/aromatic N) is 5. The zero-order valence-electron chi connectivity index (χ0n) is 19.1. The number of nitrogens with one attached hydrogen (secondary N) is 2. The van der Waals surface area contributed by atoms with E-state index in [2.05, 4.69) is 25.1 Å². The van der Waals surface area contributed by atoms with Crippen molar-refractivity contribution in [1.29, 1.82) is 0 Å². The van der Waals surface area contributed by atoms with Crippen LogP contribution < -0.4 is 5.43 Å². The number of imidazole rings is 1. The third-order valence-electron chi connectivity index (χ3n) is 6.32. The number of hydrogen-bond acceptors (Lipinski definition) is 5. The third kappa shape index (κ3) is 3.96. The number of aromatic amines is 2. The first-order valence-electron chi connectivity index (χ1n) is 11.4. The van der Waals surface area contributed by atoms with Gasteiger partial charge in [0.15, 0.2) is 16.9 Å². The smallest absolute Gasteiger partial charge is 0.364 e. The van der Waals surface area contributed by atoms with Gasteiger partial charge in [-0.25, -0.2) is 15.0 Å². The van der Waals surface area contributed by atoms with Crippen LogP contribution in [-0.2, 0) is 19.6 Å². The van der Waals surface area contributed by atoms with E-state index in [1.807, 2.05) is 12.1 Å². The predicted molar refractivity (Wildman–Crippen MR) is 126 cm³/mol. The molecule has 0 aliphatic heterocycles. The van der Waals surface area contributed by atoms with Gasteiger partial charge in [-0.3, -0.25) is 9.89 Å². The molecule has 4 heterocycles. The maximum absolute atomic E-state index is 13.0. The molecule has 0 spiro atoms. The largest absolute Gasteiger partial charge is 0.434 e. The summed E-state index contributed by atoms with van der Waals surface area (Å²) in [4.78, 5) is 28.7. The molecule has 182 valence electrons. The van der Waals surface area contributed by atoms with E-state index in [-0.39, 0.29) is 11.3 Å². The summed E-state index contributed by atoms with van der Waals surface area (Å²) in [6, 6.07) is 8.62. The van der Waals surface area contributed by atoms with Crippen molar-refractivity contribution in [2.45, 2.75) is 31.4 Å². The fourth-order valence-electron chi connectivity index (χ4n) is 4.37. The highest BCUT2D eigenvalue weighted by Gasteiger charge is 2.34. The molecule has 1 aliphatic carbocycles. The van der Waals surface area contributed by atoms with Crippen LogP contribution in [0.3, 0.4) is 0 Å². The highest BCUT2D eigenvalue weighted by atomic mass is 19.4. The van der Waals surface area contributed by atoms with E-state index in [0.29, 0.717) is 40.3 Å². The fourth-order valence-corrected chi connectivity index (χ4v) is 4.37. The van der Waals surface area contributed by atoms with Crippen LogP contribution in [0.25, 0.3) is 33.8 Å². The molecule has 0 bridgehead atoms. The summed E-state index contributed by atoms with van der Waals surface area (Å²) in [5, 5.41) is 7.29. The lowest BCUT2D eigenvalue weighted by Crippen LogP contribution is -2.10. The van der Waals surface area contributed by atoms with Crippen molar-refractivity contribution in [2.75, 3.05) is 0 Å². The van der Waals surface area contributed by atoms with Crippen LogP contribution in [0.4, 0.5) is 13.2 Å². The van der Waals surface area contributed by atoms with Crippen LogP contribution >= 0.6 is 0 Å². The Hall–Kier alpha value is -4.28. The minimum atomic E-state index is -4.50. The standard InChI is InChI=1S/C25H20F3N7O/c1-35-12-19(25(26,27)28)31-24(35)15-4-2-13(3-5-15)10-16-22-17(34-33-16)11-30-23(32-22)20-18(36)8-9-29-21(20)14-6-7-14/h2-5,8-9,11-12,14H,6-7,10H2,1H3,(H,29,36)(H,33,34). The van der Waals surface area contributed by atoms with Crippen molar-refractivity contribution in [3.63, 3.8) is 0 Å². The van der Waals surface area contributed by atoms with Gasteiger partial charge in [-0.2, -0.15) is 18.3 Å². The zero-order chi connectivity index (χ0) is 25.0. The summed E-state index contributed by atoms with van der Waals surface area (Å²) in [5.41, 5.74) is 3.74. The number of rotatable bonds is 5. The normalized spacial score (nSPS) is 14.0. The van der Waals surface area contributed by atoms with E-state index in [1.54, 1.807) is 24.5 Å². The summed E-state index contributed by atoms with van der Waals surface area (Å²) in [6.45, 7) is 0. The quantitative estimate of drug-likeness (QED) is 0.374. The second-order valence-electron chi connectivity index (χ2n) is 8.97. The first-order chi connectivity index (χ1) is 17.3. The van der Waals surface area contributed by atoms with Crippen molar-refractivity contribution in [3.05, 3.63) is 81.8 Å². The molecule has 1 aromatic carbocycles. The maximum Gasteiger partial charge on any atom is 0.434 e. The Bertz CT molecular complexity index is 1640. The topological polar surface area (TPSA) is 105 Å². The van der Waals surface area contributed by atoms with Crippen molar-refractivity contribution in [3.8, 4) is 22.8 Å². The van der Waals surface area contributed by atoms with E-state index in [9.17, 15) is 18.0 Å². The molecular formula is C25H20F3N7O. The van der Waals surface area contributed by atoms with Crippen LogP contribution in [0, 0.1) is 0 Å². The summed E-state index contributed by atoms with van der Waals surface area (Å²) in [6.07, 6.45) is 2.24. The lowest BCUT2D eigenvalue weighted by Gasteiger charge is -2.07. The van der Waals surface area contributed by atoms with E-state index in [1.165, 1.54) is 17.7 Å². The molecule has 6 rings (SSSR count). The Morgan fingerprint density at radius 3 is 2.58 bits per heavy atom. The first kappa shape index (κ1) is 22.2. The summed E-state index contributed by atoms with van der Waals surface area (Å²) in [7, 11) is 1.53. The SMILES string of the molecule is Cn1cc(C(F)(F)F)nc1-c1ccc(Cc2[nH]nc3cnc(-c4c(C5CC5)[nH]ccc4=O)nc23)cc1. The summed E-state index contributed by atoms with van der Waals surface area (Å²) < 4.78 is 40.4. The van der Waals surface area contributed by atoms with Crippen molar-refractivity contribution in [2.24, 2.45) is 7.05 Å². The van der Waals surface area contributed by atoms with Crippen molar-refractivity contribution < 1.29 is 13.2 Å². The number of pyridine rings is 1. The fraction of sp³-hybridized carbons (Fsp3) is 0.240. The monoisotopic (exact) mass is 491 g/mol. The first-order valence-corrected chi connectivity index (χ1v) is 11.4. The van der Waals surface area contributed by atoms with Crippen molar-refractivity contribution in [1.82, 2.24) is 34.7 Å². The minimum Gasteiger partial charge on any atom is -0.364 e. The molecule has 1 saturated carbocycles. The molecule has 5 aromatic rings. The molecule has 36 heavy (non-hydrogen) atoms. The van der Waals surface area contributed by atoms with Gasteiger partial charge in [0.25, 0.3) is 0 Å². The molecule has 2 N–H and O–H groups in total. The maximum atomic E-state index is 13.0. The van der Waals surface area contributed by atoms with Gasteiger partial charge in [0.1, 0.15) is 16.9 Å². The number of benzene rings is 1. The molecule has 4 aromatic heterocycles. The van der Waals surface area contributed by atoms with Gasteiger partial charge in [-0.1, -0.05) is 24.3 Å². The Labute approximate surface area is 202 Å². The third-order valence-corrected chi connectivity index (χ3v) is 6.32. The van der Waals surface area contributed by atoms with Crippen LogP contribution in [0.15, 0.2) is 53.7 Å². The number of fused-ring (bicyclic) bond motifs is 1.